The summed E-state index contributed by atoms with van der Waals surface area (Å²) in [5.41, 5.74) is 1.04. The lowest BCUT2D eigenvalue weighted by Gasteiger charge is -2.34. The van der Waals surface area contributed by atoms with Gasteiger partial charge in [0.1, 0.15) is 17.6 Å². The van der Waals surface area contributed by atoms with Gasteiger partial charge in [0.05, 0.1) is 18.8 Å². The number of amidine groups is 1. The number of nitrogens with zero attached hydrogens (tertiary/aromatic N) is 3. The van der Waals surface area contributed by atoms with Crippen LogP contribution in [-0.2, 0) is 11.2 Å². The number of carbonyl (C=O) groups excluding carboxylic acids is 1. The first-order valence-corrected chi connectivity index (χ1v) is 8.03. The molecule has 118 valence electrons. The largest absolute Gasteiger partial charge is 0.469 e. The van der Waals surface area contributed by atoms with Crippen LogP contribution in [0.5, 0.6) is 0 Å². The predicted octanol–water partition coefficient (Wildman–Crippen LogP) is 2.41. The van der Waals surface area contributed by atoms with Crippen molar-refractivity contribution in [2.24, 2.45) is 15.9 Å². The van der Waals surface area contributed by atoms with E-state index in [1.54, 1.807) is 6.26 Å². The van der Waals surface area contributed by atoms with Crippen LogP contribution in [0.3, 0.4) is 0 Å². The van der Waals surface area contributed by atoms with Gasteiger partial charge in [-0.3, -0.25) is 19.7 Å². The molecule has 3 unspecified atom stereocenters. The van der Waals surface area contributed by atoms with Crippen molar-refractivity contribution in [1.82, 2.24) is 4.90 Å². The number of furan rings is 1. The fraction of sp³-hybridized carbons (Fsp3) is 0.389. The van der Waals surface area contributed by atoms with E-state index in [9.17, 15) is 4.79 Å². The smallest absolute Gasteiger partial charge is 0.254 e. The SMILES string of the molecule is CC1C=CCC=CC2C1=NCC1=NC(Cc3ccco3)C(=O)N12. The van der Waals surface area contributed by atoms with Crippen LogP contribution in [0.15, 0.2) is 57.1 Å². The van der Waals surface area contributed by atoms with Crippen molar-refractivity contribution >= 4 is 17.5 Å². The highest BCUT2D eigenvalue weighted by atomic mass is 16.3. The van der Waals surface area contributed by atoms with Gasteiger partial charge in [0, 0.05) is 18.1 Å². The fourth-order valence-corrected chi connectivity index (χ4v) is 3.41. The molecule has 0 bridgehead atoms. The van der Waals surface area contributed by atoms with Crippen LogP contribution in [0.4, 0.5) is 0 Å². The lowest BCUT2D eigenvalue weighted by molar-refractivity contribution is -0.127. The molecule has 0 radical (unpaired) electrons. The Hall–Kier alpha value is -2.43. The lowest BCUT2D eigenvalue weighted by Crippen LogP contribution is -2.51. The molecular weight excluding hydrogens is 290 g/mol. The minimum absolute atomic E-state index is 0.0511. The van der Waals surface area contributed by atoms with Crippen LogP contribution in [0.1, 0.15) is 19.1 Å². The molecule has 5 heteroatoms. The molecule has 0 saturated carbocycles. The molecule has 0 saturated heterocycles. The number of fused-ring (bicyclic) bond motifs is 3. The van der Waals surface area contributed by atoms with E-state index in [-0.39, 0.29) is 17.9 Å². The summed E-state index contributed by atoms with van der Waals surface area (Å²) in [4.78, 5) is 24.0. The molecule has 4 rings (SSSR count). The van der Waals surface area contributed by atoms with Crippen LogP contribution in [0, 0.1) is 5.92 Å². The maximum absolute atomic E-state index is 12.9. The van der Waals surface area contributed by atoms with Gasteiger partial charge in [-0.25, -0.2) is 0 Å². The standard InChI is InChI=1S/C18H19N3O2/c1-12-6-3-2-4-8-15-17(12)19-11-16-20-14(18(22)21(15)16)10-13-7-5-9-23-13/h3-9,12,14-15H,2,10-11H2,1H3. The molecule has 1 aromatic heterocycles. The summed E-state index contributed by atoms with van der Waals surface area (Å²) in [6, 6.07) is 3.23. The Balaban J connectivity index is 1.63. The van der Waals surface area contributed by atoms with E-state index in [0.717, 1.165) is 23.7 Å². The van der Waals surface area contributed by atoms with Crippen molar-refractivity contribution in [3.63, 3.8) is 0 Å². The third kappa shape index (κ3) is 2.46. The molecule has 0 spiro atoms. The van der Waals surface area contributed by atoms with Gasteiger partial charge in [0.15, 0.2) is 0 Å². The second kappa shape index (κ2) is 5.65. The molecule has 3 atom stereocenters. The Labute approximate surface area is 135 Å². The van der Waals surface area contributed by atoms with Gasteiger partial charge in [-0.1, -0.05) is 31.2 Å². The molecule has 3 aliphatic rings. The number of hydrogen-bond donors (Lipinski definition) is 0. The summed E-state index contributed by atoms with van der Waals surface area (Å²) in [5, 5.41) is 0. The molecule has 3 heterocycles. The molecule has 2 aliphatic heterocycles. The van der Waals surface area contributed by atoms with Gasteiger partial charge < -0.3 is 4.42 Å². The summed E-state index contributed by atoms with van der Waals surface area (Å²) in [7, 11) is 0. The van der Waals surface area contributed by atoms with Gasteiger partial charge in [-0.05, 0) is 18.6 Å². The Morgan fingerprint density at radius 2 is 2.22 bits per heavy atom. The zero-order valence-corrected chi connectivity index (χ0v) is 13.1. The van der Waals surface area contributed by atoms with Gasteiger partial charge in [-0.15, -0.1) is 0 Å². The maximum atomic E-state index is 12.9. The van der Waals surface area contributed by atoms with Crippen molar-refractivity contribution in [2.45, 2.75) is 31.8 Å². The first-order chi connectivity index (χ1) is 11.2. The third-order valence-electron chi connectivity index (χ3n) is 4.55. The summed E-state index contributed by atoms with van der Waals surface area (Å²) in [5.74, 6) is 1.86. The average molecular weight is 309 g/mol. The van der Waals surface area contributed by atoms with Crippen molar-refractivity contribution in [3.8, 4) is 0 Å². The minimum Gasteiger partial charge on any atom is -0.469 e. The van der Waals surface area contributed by atoms with Crippen LogP contribution in [0.2, 0.25) is 0 Å². The summed E-state index contributed by atoms with van der Waals surface area (Å²) >= 11 is 0. The third-order valence-corrected chi connectivity index (χ3v) is 4.55. The molecule has 23 heavy (non-hydrogen) atoms. The monoisotopic (exact) mass is 309 g/mol. The number of rotatable bonds is 2. The molecule has 1 aliphatic carbocycles. The van der Waals surface area contributed by atoms with Gasteiger partial charge in [0.2, 0.25) is 0 Å². The molecule has 0 fully saturated rings. The highest BCUT2D eigenvalue weighted by Crippen LogP contribution is 2.26. The van der Waals surface area contributed by atoms with E-state index in [4.69, 9.17) is 9.41 Å². The highest BCUT2D eigenvalue weighted by molar-refractivity contribution is 6.14. The first kappa shape index (κ1) is 14.2. The second-order valence-electron chi connectivity index (χ2n) is 6.12. The quantitative estimate of drug-likeness (QED) is 0.788. The second-order valence-corrected chi connectivity index (χ2v) is 6.12. The van der Waals surface area contributed by atoms with E-state index >= 15 is 0 Å². The average Bonchev–Trinajstić information content (AvgIpc) is 3.14. The normalized spacial score (nSPS) is 29.5. The van der Waals surface area contributed by atoms with Gasteiger partial charge >= 0.3 is 0 Å². The molecule has 0 N–H and O–H groups in total. The van der Waals surface area contributed by atoms with Crippen LogP contribution in [-0.4, -0.2) is 41.0 Å². The Morgan fingerprint density at radius 3 is 3.04 bits per heavy atom. The Bertz CT molecular complexity index is 727. The zero-order chi connectivity index (χ0) is 15.8. The van der Waals surface area contributed by atoms with Gasteiger partial charge in [0.25, 0.3) is 5.91 Å². The molecule has 5 nitrogen and oxygen atoms in total. The zero-order valence-electron chi connectivity index (χ0n) is 13.1. The Kier molecular flexibility index (Phi) is 3.48. The van der Waals surface area contributed by atoms with E-state index in [0.29, 0.717) is 13.0 Å². The van der Waals surface area contributed by atoms with E-state index < -0.39 is 6.04 Å². The minimum atomic E-state index is -0.393. The number of carbonyl (C=O) groups is 1. The lowest BCUT2D eigenvalue weighted by atomic mass is 9.92. The van der Waals surface area contributed by atoms with Crippen LogP contribution >= 0.6 is 0 Å². The predicted molar refractivity (Wildman–Crippen MR) is 88.6 cm³/mol. The number of allylic oxidation sites excluding steroid dienone is 3. The Morgan fingerprint density at radius 1 is 1.35 bits per heavy atom. The summed E-state index contributed by atoms with van der Waals surface area (Å²) < 4.78 is 5.37. The van der Waals surface area contributed by atoms with Crippen molar-refractivity contribution in [2.75, 3.05) is 6.54 Å². The first-order valence-electron chi connectivity index (χ1n) is 8.03. The van der Waals surface area contributed by atoms with Crippen LogP contribution < -0.4 is 0 Å². The molecular formula is C18H19N3O2. The topological polar surface area (TPSA) is 58.2 Å². The number of aliphatic imine (C=N–C) groups is 2. The summed E-state index contributed by atoms with van der Waals surface area (Å²) in [6.45, 7) is 2.61. The maximum Gasteiger partial charge on any atom is 0.254 e. The summed E-state index contributed by atoms with van der Waals surface area (Å²) in [6.07, 6.45) is 11.5. The molecule has 1 aromatic rings. The fourth-order valence-electron chi connectivity index (χ4n) is 3.41. The van der Waals surface area contributed by atoms with Crippen molar-refractivity contribution in [3.05, 3.63) is 48.5 Å². The molecule has 0 aromatic carbocycles. The molecule has 1 amide bonds. The highest BCUT2D eigenvalue weighted by Gasteiger charge is 2.42. The van der Waals surface area contributed by atoms with Gasteiger partial charge in [-0.2, -0.15) is 0 Å². The number of hydrogen-bond acceptors (Lipinski definition) is 4. The number of amides is 1. The van der Waals surface area contributed by atoms with Crippen LogP contribution in [0.25, 0.3) is 0 Å². The van der Waals surface area contributed by atoms with E-state index in [1.165, 1.54) is 0 Å². The van der Waals surface area contributed by atoms with Crippen molar-refractivity contribution in [1.29, 1.82) is 0 Å². The van der Waals surface area contributed by atoms with Crippen molar-refractivity contribution < 1.29 is 9.21 Å². The van der Waals surface area contributed by atoms with E-state index in [1.807, 2.05) is 17.0 Å². The van der Waals surface area contributed by atoms with E-state index in [2.05, 4.69) is 36.2 Å².